The molecular weight excluding hydrogens is 244 g/mol. The Kier molecular flexibility index (Phi) is 2.63. The van der Waals surface area contributed by atoms with Gasteiger partial charge in [0.25, 0.3) is 0 Å². The molecule has 2 rings (SSSR count). The molecule has 1 aromatic carbocycles. The molecule has 0 N–H and O–H groups in total. The number of benzene rings is 1. The summed E-state index contributed by atoms with van der Waals surface area (Å²) in [5, 5.41) is 14.7. The zero-order valence-corrected chi connectivity index (χ0v) is 9.07. The molecule has 0 saturated carbocycles. The van der Waals surface area contributed by atoms with Gasteiger partial charge < -0.3 is 5.11 Å². The van der Waals surface area contributed by atoms with Gasteiger partial charge in [0.2, 0.25) is 6.21 Å². The van der Waals surface area contributed by atoms with Crippen molar-refractivity contribution in [3.05, 3.63) is 34.3 Å². The Labute approximate surface area is 90.5 Å². The third kappa shape index (κ3) is 2.01. The van der Waals surface area contributed by atoms with Crippen LogP contribution in [0.3, 0.4) is 0 Å². The van der Waals surface area contributed by atoms with Crippen LogP contribution in [0, 0.1) is 0 Å². The van der Waals surface area contributed by atoms with E-state index in [2.05, 4.69) is 21.0 Å². The molecular formula is C10H9BrN2O. The van der Waals surface area contributed by atoms with Gasteiger partial charge in [-0.3, -0.25) is 0 Å². The fourth-order valence-electron chi connectivity index (χ4n) is 1.29. The number of halogens is 1. The van der Waals surface area contributed by atoms with Crippen LogP contribution < -0.4 is 5.11 Å². The zero-order chi connectivity index (χ0) is 9.97. The van der Waals surface area contributed by atoms with Gasteiger partial charge in [0.15, 0.2) is 6.54 Å². The van der Waals surface area contributed by atoms with E-state index in [-0.39, 0.29) is 5.90 Å². The fraction of sp³-hybridized carbons (Fsp3) is 0.200. The Balaban J connectivity index is 2.30. The van der Waals surface area contributed by atoms with Crippen LogP contribution in [0.2, 0.25) is 0 Å². The normalized spacial score (nSPS) is 18.6. The second-order valence-electron chi connectivity index (χ2n) is 3.06. The van der Waals surface area contributed by atoms with Crippen molar-refractivity contribution in [2.75, 3.05) is 6.54 Å². The molecule has 72 valence electrons. The van der Waals surface area contributed by atoms with Crippen LogP contribution in [0.15, 0.2) is 33.8 Å². The summed E-state index contributed by atoms with van der Waals surface area (Å²) in [4.78, 5) is 0. The molecule has 0 amide bonds. The lowest BCUT2D eigenvalue weighted by molar-refractivity contribution is -0.519. The zero-order valence-electron chi connectivity index (χ0n) is 7.48. The molecule has 1 aromatic rings. The Morgan fingerprint density at radius 3 is 2.86 bits per heavy atom. The smallest absolute Gasteiger partial charge is 0.204 e. The quantitative estimate of drug-likeness (QED) is 0.687. The minimum atomic E-state index is -0.0479. The summed E-state index contributed by atoms with van der Waals surface area (Å²) >= 11 is 3.43. The summed E-state index contributed by atoms with van der Waals surface area (Å²) in [6.45, 7) is 0.681. The minimum Gasteiger partial charge on any atom is -0.857 e. The average molecular weight is 253 g/mol. The summed E-state index contributed by atoms with van der Waals surface area (Å²) in [6, 6.07) is 7.84. The molecule has 3 nitrogen and oxygen atoms in total. The van der Waals surface area contributed by atoms with Gasteiger partial charge in [0.05, 0.1) is 5.56 Å². The van der Waals surface area contributed by atoms with E-state index in [1.54, 1.807) is 4.68 Å². The Bertz CT molecular complexity index is 412. The standard InChI is InChI=1S/C10H9BrN2O/c11-9-4-2-1-3-8(9)7-13-6-5-10(14)12-13/h1-4,7H,5-6H2/b13-7+. The highest BCUT2D eigenvalue weighted by atomic mass is 79.9. The van der Waals surface area contributed by atoms with Gasteiger partial charge >= 0.3 is 0 Å². The molecule has 1 aliphatic heterocycles. The summed E-state index contributed by atoms with van der Waals surface area (Å²) in [7, 11) is 0. The number of nitrogens with zero attached hydrogens (tertiary/aromatic N) is 2. The topological polar surface area (TPSA) is 38.4 Å². The molecule has 0 radical (unpaired) electrons. The third-order valence-electron chi connectivity index (χ3n) is 1.99. The van der Waals surface area contributed by atoms with Crippen LogP contribution in [0.5, 0.6) is 0 Å². The lowest BCUT2D eigenvalue weighted by Crippen LogP contribution is -2.13. The second-order valence-corrected chi connectivity index (χ2v) is 3.91. The molecule has 0 unspecified atom stereocenters. The molecule has 0 saturated heterocycles. The van der Waals surface area contributed by atoms with E-state index in [1.807, 2.05) is 30.5 Å². The van der Waals surface area contributed by atoms with E-state index in [9.17, 15) is 5.11 Å². The summed E-state index contributed by atoms with van der Waals surface area (Å²) in [6.07, 6.45) is 2.38. The van der Waals surface area contributed by atoms with E-state index < -0.39 is 0 Å². The van der Waals surface area contributed by atoms with Crippen molar-refractivity contribution in [3.63, 3.8) is 0 Å². The Morgan fingerprint density at radius 2 is 2.21 bits per heavy atom. The Hall–Kier alpha value is -1.16. The first kappa shape index (κ1) is 9.40. The average Bonchev–Trinajstić information content (AvgIpc) is 2.56. The summed E-state index contributed by atoms with van der Waals surface area (Å²) in [5.41, 5.74) is 1.03. The molecule has 0 fully saturated rings. The monoisotopic (exact) mass is 252 g/mol. The molecule has 0 aromatic heterocycles. The van der Waals surface area contributed by atoms with Crippen molar-refractivity contribution in [3.8, 4) is 0 Å². The molecule has 0 spiro atoms. The maximum atomic E-state index is 10.9. The second kappa shape index (κ2) is 3.92. The Morgan fingerprint density at radius 1 is 1.43 bits per heavy atom. The van der Waals surface area contributed by atoms with Gasteiger partial charge in [-0.25, -0.2) is 0 Å². The van der Waals surface area contributed by atoms with Gasteiger partial charge in [0.1, 0.15) is 0 Å². The summed E-state index contributed by atoms with van der Waals surface area (Å²) < 4.78 is 2.69. The maximum absolute atomic E-state index is 10.9. The highest BCUT2D eigenvalue weighted by Crippen LogP contribution is 2.13. The van der Waals surface area contributed by atoms with Crippen LogP contribution in [-0.2, 0) is 0 Å². The third-order valence-corrected chi connectivity index (χ3v) is 2.71. The first-order valence-corrected chi connectivity index (χ1v) is 5.15. The van der Waals surface area contributed by atoms with Crippen LogP contribution in [0.1, 0.15) is 12.0 Å². The van der Waals surface area contributed by atoms with E-state index >= 15 is 0 Å². The molecule has 0 bridgehead atoms. The van der Waals surface area contributed by atoms with Crippen LogP contribution in [-0.4, -0.2) is 23.3 Å². The molecule has 4 heteroatoms. The van der Waals surface area contributed by atoms with Crippen molar-refractivity contribution < 1.29 is 9.79 Å². The lowest BCUT2D eigenvalue weighted by atomic mass is 10.2. The number of hydrogen-bond donors (Lipinski definition) is 0. The van der Waals surface area contributed by atoms with Gasteiger partial charge in [-0.05, 0) is 33.2 Å². The van der Waals surface area contributed by atoms with E-state index in [0.717, 1.165) is 10.0 Å². The highest BCUT2D eigenvalue weighted by Gasteiger charge is 2.11. The molecule has 1 heterocycles. The van der Waals surface area contributed by atoms with Gasteiger partial charge in [-0.15, -0.1) is 0 Å². The van der Waals surface area contributed by atoms with Gasteiger partial charge in [-0.2, -0.15) is 0 Å². The van der Waals surface area contributed by atoms with E-state index in [1.165, 1.54) is 0 Å². The molecule has 0 aliphatic carbocycles. The maximum Gasteiger partial charge on any atom is 0.204 e. The van der Waals surface area contributed by atoms with E-state index in [4.69, 9.17) is 0 Å². The predicted octanol–water partition coefficient (Wildman–Crippen LogP) is 0.958. The van der Waals surface area contributed by atoms with E-state index in [0.29, 0.717) is 13.0 Å². The van der Waals surface area contributed by atoms with Crippen molar-refractivity contribution in [1.29, 1.82) is 0 Å². The van der Waals surface area contributed by atoms with Crippen molar-refractivity contribution in [2.24, 2.45) is 5.10 Å². The highest BCUT2D eigenvalue weighted by molar-refractivity contribution is 9.10. The number of hydrogen-bond acceptors (Lipinski definition) is 2. The molecule has 14 heavy (non-hydrogen) atoms. The SMILES string of the molecule is [O-]C1=N/[N+](=C/c2ccccc2Br)CC1. The van der Waals surface area contributed by atoms with Crippen LogP contribution in [0.25, 0.3) is 0 Å². The van der Waals surface area contributed by atoms with Crippen LogP contribution in [0.4, 0.5) is 0 Å². The largest absolute Gasteiger partial charge is 0.857 e. The van der Waals surface area contributed by atoms with Gasteiger partial charge in [0, 0.05) is 16.8 Å². The minimum absolute atomic E-state index is 0.0479. The predicted molar refractivity (Wildman–Crippen MR) is 56.5 cm³/mol. The first-order valence-electron chi connectivity index (χ1n) is 4.36. The first-order chi connectivity index (χ1) is 6.75. The van der Waals surface area contributed by atoms with Crippen molar-refractivity contribution in [2.45, 2.75) is 6.42 Å². The molecule has 1 aliphatic rings. The van der Waals surface area contributed by atoms with Crippen molar-refractivity contribution >= 4 is 28.0 Å². The number of hydrazone groups is 1. The fourth-order valence-corrected chi connectivity index (χ4v) is 1.67. The van der Waals surface area contributed by atoms with Crippen molar-refractivity contribution in [1.82, 2.24) is 0 Å². The summed E-state index contributed by atoms with van der Waals surface area (Å²) in [5.74, 6) is -0.0479. The lowest BCUT2D eigenvalue weighted by Gasteiger charge is -1.93. The number of rotatable bonds is 1. The molecule has 0 atom stereocenters. The van der Waals surface area contributed by atoms with Crippen LogP contribution >= 0.6 is 15.9 Å². The van der Waals surface area contributed by atoms with Gasteiger partial charge in [-0.1, -0.05) is 16.8 Å².